The van der Waals surface area contributed by atoms with Crippen molar-refractivity contribution in [2.45, 2.75) is 19.3 Å². The molecule has 2 aromatic heterocycles. The highest BCUT2D eigenvalue weighted by Gasteiger charge is 2.24. The van der Waals surface area contributed by atoms with Crippen molar-refractivity contribution in [3.8, 4) is 11.4 Å². The first-order valence-electron chi connectivity index (χ1n) is 9.77. The van der Waals surface area contributed by atoms with Crippen molar-refractivity contribution < 1.29 is 13.6 Å². The van der Waals surface area contributed by atoms with Crippen LogP contribution in [0.4, 0.5) is 14.6 Å². The number of allylic oxidation sites excluding steroid dienone is 1. The number of nitrogens with two attached hydrogens (primary N) is 2. The fourth-order valence-corrected chi connectivity index (χ4v) is 3.27. The maximum absolute atomic E-state index is 12.4. The molecule has 10 nitrogen and oxygen atoms in total. The minimum atomic E-state index is -2.84. The Kier molecular flexibility index (Phi) is 7.03. The summed E-state index contributed by atoms with van der Waals surface area (Å²) < 4.78 is 24.9. The number of hydrogen-bond acceptors (Lipinski definition) is 8. The van der Waals surface area contributed by atoms with E-state index in [1.165, 1.54) is 24.7 Å². The van der Waals surface area contributed by atoms with Crippen LogP contribution >= 0.6 is 0 Å². The van der Waals surface area contributed by atoms with E-state index >= 15 is 0 Å². The maximum Gasteiger partial charge on any atom is 0.279 e. The SMILES string of the molecule is N=C(/C=C(\N)C1CCCN(c2cc(-c3cnc(/C=C\C(=N)C(F)F)[nH]3)ncn2)C1)C(N)=O. The molecule has 0 bridgehead atoms. The number of carbonyl (C=O) groups is 1. The number of amides is 1. The van der Waals surface area contributed by atoms with Crippen LogP contribution in [0.25, 0.3) is 17.5 Å². The average Bonchev–Trinajstić information content (AvgIpc) is 3.26. The maximum atomic E-state index is 12.4. The van der Waals surface area contributed by atoms with Gasteiger partial charge in [-0.15, -0.1) is 0 Å². The van der Waals surface area contributed by atoms with Crippen LogP contribution in [-0.2, 0) is 4.79 Å². The van der Waals surface area contributed by atoms with E-state index in [0.717, 1.165) is 25.5 Å². The number of aromatic amines is 1. The van der Waals surface area contributed by atoms with Gasteiger partial charge in [0.15, 0.2) is 0 Å². The Labute approximate surface area is 182 Å². The Hall–Kier alpha value is -3.96. The van der Waals surface area contributed by atoms with E-state index in [9.17, 15) is 13.6 Å². The highest BCUT2D eigenvalue weighted by molar-refractivity contribution is 6.41. The number of hydrogen-bond donors (Lipinski definition) is 5. The lowest BCUT2D eigenvalue weighted by Crippen LogP contribution is -2.38. The van der Waals surface area contributed by atoms with Crippen molar-refractivity contribution in [1.29, 1.82) is 10.8 Å². The second kappa shape index (κ2) is 9.90. The Morgan fingerprint density at radius 3 is 2.78 bits per heavy atom. The molecule has 3 rings (SSSR count). The summed E-state index contributed by atoms with van der Waals surface area (Å²) in [7, 11) is 0. The topological polar surface area (TPSA) is 175 Å². The van der Waals surface area contributed by atoms with Crippen LogP contribution in [0.3, 0.4) is 0 Å². The number of carbonyl (C=O) groups excluding carboxylic acids is 1. The fourth-order valence-electron chi connectivity index (χ4n) is 3.27. The second-order valence-corrected chi connectivity index (χ2v) is 7.24. The van der Waals surface area contributed by atoms with E-state index in [0.29, 0.717) is 35.3 Å². The minimum absolute atomic E-state index is 0.0593. The third-order valence-corrected chi connectivity index (χ3v) is 4.97. The molecule has 0 spiro atoms. The molecule has 1 atom stereocenters. The van der Waals surface area contributed by atoms with Gasteiger partial charge in [0, 0.05) is 30.8 Å². The molecule has 0 saturated carbocycles. The van der Waals surface area contributed by atoms with Gasteiger partial charge in [0.25, 0.3) is 12.3 Å². The molecule has 0 radical (unpaired) electrons. The standard InChI is InChI=1S/C20H23F2N9O/c21-19(22)12(23)3-4-17-27-8-16(30-17)15-7-18(29-10-28-15)31-5-1-2-11(9-31)13(24)6-14(25)20(26)32/h3-4,6-8,10-11,19,23,25H,1-2,5,9,24H2,(H2,26,32)(H,27,30)/b4-3-,13-6-,23-12?,25-14?. The highest BCUT2D eigenvalue weighted by Crippen LogP contribution is 2.26. The van der Waals surface area contributed by atoms with E-state index in [1.54, 1.807) is 6.07 Å². The summed E-state index contributed by atoms with van der Waals surface area (Å²) in [5.41, 5.74) is 11.6. The van der Waals surface area contributed by atoms with Gasteiger partial charge in [-0.2, -0.15) is 0 Å². The lowest BCUT2D eigenvalue weighted by atomic mass is 9.94. The Bertz CT molecular complexity index is 1080. The first-order chi connectivity index (χ1) is 15.2. The number of nitrogens with one attached hydrogen (secondary N) is 3. The molecule has 2 aromatic rings. The lowest BCUT2D eigenvalue weighted by Gasteiger charge is -2.33. The Balaban J connectivity index is 1.74. The summed E-state index contributed by atoms with van der Waals surface area (Å²) in [6, 6.07) is 1.77. The molecule has 0 aromatic carbocycles. The molecular formula is C20H23F2N9O. The molecule has 1 fully saturated rings. The van der Waals surface area contributed by atoms with Gasteiger partial charge in [0.2, 0.25) is 0 Å². The van der Waals surface area contributed by atoms with Gasteiger partial charge in [-0.05, 0) is 31.1 Å². The molecule has 12 heteroatoms. The average molecular weight is 443 g/mol. The van der Waals surface area contributed by atoms with Gasteiger partial charge in [-0.25, -0.2) is 23.7 Å². The van der Waals surface area contributed by atoms with Gasteiger partial charge < -0.3 is 21.4 Å². The third-order valence-electron chi connectivity index (χ3n) is 4.97. The molecule has 1 saturated heterocycles. The molecule has 3 heterocycles. The fraction of sp³-hybridized carbons (Fsp3) is 0.300. The number of anilines is 1. The van der Waals surface area contributed by atoms with Crippen LogP contribution in [0.15, 0.2) is 36.4 Å². The Morgan fingerprint density at radius 2 is 2.06 bits per heavy atom. The van der Waals surface area contributed by atoms with Gasteiger partial charge in [-0.1, -0.05) is 0 Å². The molecule has 1 amide bonds. The third kappa shape index (κ3) is 5.59. The van der Waals surface area contributed by atoms with Crippen LogP contribution in [0.2, 0.25) is 0 Å². The largest absolute Gasteiger partial charge is 0.402 e. The molecule has 32 heavy (non-hydrogen) atoms. The molecule has 1 aliphatic heterocycles. The first-order valence-corrected chi connectivity index (χ1v) is 9.77. The van der Waals surface area contributed by atoms with E-state index < -0.39 is 18.0 Å². The number of nitrogens with zero attached hydrogens (tertiary/aromatic N) is 4. The van der Waals surface area contributed by atoms with Crippen LogP contribution in [0, 0.1) is 16.7 Å². The summed E-state index contributed by atoms with van der Waals surface area (Å²) in [5, 5.41) is 14.7. The zero-order chi connectivity index (χ0) is 23.3. The molecule has 1 aliphatic rings. The molecule has 1 unspecified atom stereocenters. The van der Waals surface area contributed by atoms with Crippen LogP contribution < -0.4 is 16.4 Å². The van der Waals surface area contributed by atoms with Crippen molar-refractivity contribution in [2.75, 3.05) is 18.0 Å². The summed E-state index contributed by atoms with van der Waals surface area (Å²) in [4.78, 5) is 28.8. The number of rotatable bonds is 8. The van der Waals surface area contributed by atoms with E-state index in [-0.39, 0.29) is 11.6 Å². The number of piperidine rings is 1. The van der Waals surface area contributed by atoms with Gasteiger partial charge in [0.05, 0.1) is 23.3 Å². The van der Waals surface area contributed by atoms with Crippen molar-refractivity contribution in [3.05, 3.63) is 42.3 Å². The quantitative estimate of drug-likeness (QED) is 0.388. The lowest BCUT2D eigenvalue weighted by molar-refractivity contribution is -0.112. The number of imidazole rings is 1. The number of halogens is 2. The van der Waals surface area contributed by atoms with Crippen molar-refractivity contribution in [1.82, 2.24) is 19.9 Å². The predicted octanol–water partition coefficient (Wildman–Crippen LogP) is 1.73. The highest BCUT2D eigenvalue weighted by atomic mass is 19.3. The van der Waals surface area contributed by atoms with E-state index in [2.05, 4.69) is 19.9 Å². The number of alkyl halides is 2. The van der Waals surface area contributed by atoms with E-state index in [4.69, 9.17) is 22.3 Å². The minimum Gasteiger partial charge on any atom is -0.402 e. The molecule has 7 N–H and O–H groups in total. The number of aromatic nitrogens is 4. The zero-order valence-corrected chi connectivity index (χ0v) is 17.1. The first kappa shape index (κ1) is 22.7. The smallest absolute Gasteiger partial charge is 0.279 e. The molecule has 0 aliphatic carbocycles. The van der Waals surface area contributed by atoms with Gasteiger partial charge in [-0.3, -0.25) is 15.6 Å². The zero-order valence-electron chi connectivity index (χ0n) is 17.1. The monoisotopic (exact) mass is 443 g/mol. The van der Waals surface area contributed by atoms with Gasteiger partial charge >= 0.3 is 0 Å². The normalized spacial score (nSPS) is 17.2. The Morgan fingerprint density at radius 1 is 1.28 bits per heavy atom. The summed E-state index contributed by atoms with van der Waals surface area (Å²) in [6.45, 7) is 1.30. The molecule has 168 valence electrons. The van der Waals surface area contributed by atoms with Crippen LogP contribution in [-0.4, -0.2) is 56.8 Å². The van der Waals surface area contributed by atoms with Crippen molar-refractivity contribution >= 4 is 29.2 Å². The summed E-state index contributed by atoms with van der Waals surface area (Å²) in [5.74, 6) is 0.0962. The predicted molar refractivity (Wildman–Crippen MR) is 117 cm³/mol. The number of primary amides is 1. The number of H-pyrrole nitrogens is 1. The summed E-state index contributed by atoms with van der Waals surface area (Å²) >= 11 is 0. The van der Waals surface area contributed by atoms with E-state index in [1.807, 2.05) is 4.90 Å². The van der Waals surface area contributed by atoms with Gasteiger partial charge in [0.1, 0.15) is 23.7 Å². The van der Waals surface area contributed by atoms with Crippen LogP contribution in [0.5, 0.6) is 0 Å². The second-order valence-electron chi connectivity index (χ2n) is 7.24. The molecular weight excluding hydrogens is 420 g/mol. The van der Waals surface area contributed by atoms with Crippen LogP contribution in [0.1, 0.15) is 18.7 Å². The van der Waals surface area contributed by atoms with Crippen molar-refractivity contribution in [3.63, 3.8) is 0 Å². The summed E-state index contributed by atoms with van der Waals surface area (Å²) in [6.07, 6.45) is 5.34. The van der Waals surface area contributed by atoms with Crippen molar-refractivity contribution in [2.24, 2.45) is 17.4 Å².